The molecule has 3 aromatic carbocycles. The third-order valence-corrected chi connectivity index (χ3v) is 4.55. The molecule has 2 amide bonds. The van der Waals surface area contributed by atoms with Gasteiger partial charge in [0, 0.05) is 30.3 Å². The summed E-state index contributed by atoms with van der Waals surface area (Å²) in [5, 5.41) is 16.2. The number of anilines is 1. The van der Waals surface area contributed by atoms with E-state index in [9.17, 15) is 19.7 Å². The Morgan fingerprint density at radius 2 is 1.70 bits per heavy atom. The number of carbonyl (C=O) groups is 2. The third kappa shape index (κ3) is 7.06. The van der Waals surface area contributed by atoms with Crippen molar-refractivity contribution in [3.8, 4) is 11.5 Å². The van der Waals surface area contributed by atoms with Gasteiger partial charge in [-0.1, -0.05) is 36.4 Å². The van der Waals surface area contributed by atoms with Gasteiger partial charge in [-0.15, -0.1) is 0 Å². The van der Waals surface area contributed by atoms with Crippen molar-refractivity contribution in [2.24, 2.45) is 0 Å². The molecule has 0 saturated carbocycles. The number of nitro benzene ring substituents is 1. The van der Waals surface area contributed by atoms with Gasteiger partial charge in [-0.3, -0.25) is 14.9 Å². The molecule has 0 fully saturated rings. The van der Waals surface area contributed by atoms with Crippen LogP contribution in [0.15, 0.2) is 78.9 Å². The molecule has 33 heavy (non-hydrogen) atoms. The van der Waals surface area contributed by atoms with E-state index in [1.54, 1.807) is 31.2 Å². The number of nitrogens with zero attached hydrogens (tertiary/aromatic N) is 1. The monoisotopic (exact) mass is 449 g/mol. The van der Waals surface area contributed by atoms with Crippen LogP contribution in [0.1, 0.15) is 12.5 Å². The van der Waals surface area contributed by atoms with Crippen molar-refractivity contribution in [1.82, 2.24) is 5.32 Å². The first-order valence-electron chi connectivity index (χ1n) is 10.2. The fourth-order valence-electron chi connectivity index (χ4n) is 3.01. The summed E-state index contributed by atoms with van der Waals surface area (Å²) in [5.41, 5.74) is 1.30. The lowest BCUT2D eigenvalue weighted by atomic mass is 10.1. The van der Waals surface area contributed by atoms with E-state index in [1.165, 1.54) is 24.3 Å². The predicted octanol–water partition coefficient (Wildman–Crippen LogP) is 4.68. The van der Waals surface area contributed by atoms with Gasteiger partial charge in [-0.25, -0.2) is 4.79 Å². The van der Waals surface area contributed by atoms with Crippen LogP contribution in [0.5, 0.6) is 11.5 Å². The van der Waals surface area contributed by atoms with Crippen LogP contribution in [0.2, 0.25) is 0 Å². The van der Waals surface area contributed by atoms with E-state index in [0.29, 0.717) is 17.2 Å². The first kappa shape index (κ1) is 23.3. The zero-order valence-electron chi connectivity index (χ0n) is 17.9. The van der Waals surface area contributed by atoms with Crippen LogP contribution in [-0.4, -0.2) is 29.6 Å². The van der Waals surface area contributed by atoms with Crippen molar-refractivity contribution in [3.05, 3.63) is 94.5 Å². The van der Waals surface area contributed by atoms with Crippen LogP contribution < -0.4 is 15.4 Å². The van der Waals surface area contributed by atoms with Crippen molar-refractivity contribution in [1.29, 1.82) is 0 Å². The molecule has 0 heterocycles. The Balaban J connectivity index is 1.70. The molecule has 0 radical (unpaired) electrons. The zero-order chi connectivity index (χ0) is 23.6. The topological polar surface area (TPSA) is 120 Å². The summed E-state index contributed by atoms with van der Waals surface area (Å²) in [7, 11) is 0. The molecule has 0 aliphatic heterocycles. The second-order valence-corrected chi connectivity index (χ2v) is 6.98. The largest absolute Gasteiger partial charge is 0.457 e. The van der Waals surface area contributed by atoms with Crippen molar-refractivity contribution in [2.75, 3.05) is 11.9 Å². The molecule has 2 N–H and O–H groups in total. The molecule has 0 unspecified atom stereocenters. The second-order valence-electron chi connectivity index (χ2n) is 6.98. The van der Waals surface area contributed by atoms with Gasteiger partial charge in [0.1, 0.15) is 17.5 Å². The molecule has 0 aromatic heterocycles. The Morgan fingerprint density at radius 1 is 0.970 bits per heavy atom. The number of alkyl carbamates (subject to hydrolysis) is 1. The zero-order valence-corrected chi connectivity index (χ0v) is 17.9. The van der Waals surface area contributed by atoms with Gasteiger partial charge in [0.15, 0.2) is 0 Å². The quantitative estimate of drug-likeness (QED) is 0.361. The highest BCUT2D eigenvalue weighted by atomic mass is 16.6. The average Bonchev–Trinajstić information content (AvgIpc) is 2.80. The normalized spacial score (nSPS) is 11.2. The van der Waals surface area contributed by atoms with Crippen molar-refractivity contribution in [3.63, 3.8) is 0 Å². The maximum atomic E-state index is 12.9. The molecule has 0 bridgehead atoms. The van der Waals surface area contributed by atoms with Gasteiger partial charge in [0.05, 0.1) is 11.5 Å². The number of hydrogen-bond donors (Lipinski definition) is 2. The molecule has 9 heteroatoms. The number of rotatable bonds is 9. The van der Waals surface area contributed by atoms with Crippen molar-refractivity contribution in [2.45, 2.75) is 19.4 Å². The van der Waals surface area contributed by atoms with E-state index in [-0.39, 0.29) is 18.7 Å². The van der Waals surface area contributed by atoms with Crippen LogP contribution in [0, 0.1) is 10.1 Å². The Kier molecular flexibility index (Phi) is 7.96. The summed E-state index contributed by atoms with van der Waals surface area (Å²) in [4.78, 5) is 35.2. The summed E-state index contributed by atoms with van der Waals surface area (Å²) in [6, 6.07) is 20.8. The van der Waals surface area contributed by atoms with Crippen molar-refractivity contribution >= 4 is 23.4 Å². The van der Waals surface area contributed by atoms with E-state index in [0.717, 1.165) is 5.56 Å². The first-order chi connectivity index (χ1) is 15.9. The van der Waals surface area contributed by atoms with E-state index >= 15 is 0 Å². The Morgan fingerprint density at radius 3 is 2.36 bits per heavy atom. The molecule has 3 aromatic rings. The summed E-state index contributed by atoms with van der Waals surface area (Å²) >= 11 is 0. The lowest BCUT2D eigenvalue weighted by Gasteiger charge is -2.18. The molecule has 0 aliphatic rings. The first-order valence-corrected chi connectivity index (χ1v) is 10.2. The lowest BCUT2D eigenvalue weighted by molar-refractivity contribution is -0.384. The van der Waals surface area contributed by atoms with Gasteiger partial charge in [-0.2, -0.15) is 0 Å². The molecule has 170 valence electrons. The maximum Gasteiger partial charge on any atom is 0.407 e. The Bertz CT molecular complexity index is 1100. The SMILES string of the molecule is CCOC(=O)N[C@@H](Cc1ccccc1)C(=O)Nc1cccc(Oc2ccc([N+](=O)[O-])cc2)c1. The van der Waals surface area contributed by atoms with E-state index < -0.39 is 23.0 Å². The Hall–Kier alpha value is -4.40. The molecule has 0 spiro atoms. The van der Waals surface area contributed by atoms with Crippen LogP contribution >= 0.6 is 0 Å². The number of amides is 2. The van der Waals surface area contributed by atoms with Crippen molar-refractivity contribution < 1.29 is 24.0 Å². The fraction of sp³-hybridized carbons (Fsp3) is 0.167. The molecule has 0 aliphatic carbocycles. The van der Waals surface area contributed by atoms with E-state index in [2.05, 4.69) is 10.6 Å². The smallest absolute Gasteiger partial charge is 0.407 e. The molecule has 0 saturated heterocycles. The summed E-state index contributed by atoms with van der Waals surface area (Å²) in [6.07, 6.45) is -0.395. The number of ether oxygens (including phenoxy) is 2. The maximum absolute atomic E-state index is 12.9. The minimum atomic E-state index is -0.856. The van der Waals surface area contributed by atoms with Gasteiger partial charge in [-0.05, 0) is 36.8 Å². The molecular formula is C24H23N3O6. The second kappa shape index (κ2) is 11.3. The standard InChI is InChI=1S/C24H23N3O6/c1-2-32-24(29)26-22(15-17-7-4-3-5-8-17)23(28)25-18-9-6-10-21(16-18)33-20-13-11-19(12-14-20)27(30)31/h3-14,16,22H,2,15H2,1H3,(H,25,28)(H,26,29)/t22-/m0/s1. The number of nitro groups is 1. The number of hydrogen-bond acceptors (Lipinski definition) is 6. The summed E-state index contributed by atoms with van der Waals surface area (Å²) in [6.45, 7) is 1.87. The number of nitrogens with one attached hydrogen (secondary N) is 2. The molecule has 1 atom stereocenters. The number of benzene rings is 3. The molecule has 9 nitrogen and oxygen atoms in total. The summed E-state index contributed by atoms with van der Waals surface area (Å²) in [5.74, 6) is 0.425. The van der Waals surface area contributed by atoms with E-state index in [4.69, 9.17) is 9.47 Å². The minimum absolute atomic E-state index is 0.0399. The van der Waals surface area contributed by atoms with Gasteiger partial charge in [0.2, 0.25) is 5.91 Å². The highest BCUT2D eigenvalue weighted by Gasteiger charge is 2.22. The highest BCUT2D eigenvalue weighted by Crippen LogP contribution is 2.26. The predicted molar refractivity (Wildman–Crippen MR) is 122 cm³/mol. The third-order valence-electron chi connectivity index (χ3n) is 4.55. The number of non-ortho nitro benzene ring substituents is 1. The van der Waals surface area contributed by atoms with Gasteiger partial charge >= 0.3 is 6.09 Å². The average molecular weight is 449 g/mol. The van der Waals surface area contributed by atoms with E-state index in [1.807, 2.05) is 30.3 Å². The lowest BCUT2D eigenvalue weighted by Crippen LogP contribution is -2.45. The summed E-state index contributed by atoms with van der Waals surface area (Å²) < 4.78 is 10.7. The van der Waals surface area contributed by atoms with Crippen LogP contribution in [0.25, 0.3) is 0 Å². The molecule has 3 rings (SSSR count). The van der Waals surface area contributed by atoms with Crippen LogP contribution in [0.3, 0.4) is 0 Å². The highest BCUT2D eigenvalue weighted by molar-refractivity contribution is 5.96. The van der Waals surface area contributed by atoms with Crippen LogP contribution in [-0.2, 0) is 16.0 Å². The fourth-order valence-corrected chi connectivity index (χ4v) is 3.01. The van der Waals surface area contributed by atoms with Gasteiger partial charge < -0.3 is 20.1 Å². The Labute approximate surface area is 190 Å². The number of carbonyl (C=O) groups excluding carboxylic acids is 2. The minimum Gasteiger partial charge on any atom is -0.457 e. The van der Waals surface area contributed by atoms with Gasteiger partial charge in [0.25, 0.3) is 5.69 Å². The van der Waals surface area contributed by atoms with Crippen LogP contribution in [0.4, 0.5) is 16.2 Å². The molecular weight excluding hydrogens is 426 g/mol.